The number of carbonyl (C=O) groups is 2. The molecule has 0 spiro atoms. The molecular weight excluding hydrogens is 368 g/mol. The quantitative estimate of drug-likeness (QED) is 0.543. The molecule has 0 amide bonds. The van der Waals surface area contributed by atoms with E-state index in [1.807, 2.05) is 6.92 Å². The van der Waals surface area contributed by atoms with Crippen LogP contribution in [0.2, 0.25) is 0 Å². The van der Waals surface area contributed by atoms with Crippen LogP contribution in [0.15, 0.2) is 33.5 Å². The zero-order valence-electron chi connectivity index (χ0n) is 9.74. The van der Waals surface area contributed by atoms with Crippen LogP contribution >= 0.6 is 31.9 Å². The monoisotopic (exact) mass is 378 g/mol. The minimum Gasteiger partial charge on any atom is -0.454 e. The summed E-state index contributed by atoms with van der Waals surface area (Å²) in [7, 11) is 0. The Balaban J connectivity index is 3.04. The van der Waals surface area contributed by atoms with E-state index in [9.17, 15) is 9.59 Å². The zero-order chi connectivity index (χ0) is 13.7. The summed E-state index contributed by atoms with van der Waals surface area (Å²) in [5.41, 5.74) is 0.317. The summed E-state index contributed by atoms with van der Waals surface area (Å²) in [6.45, 7) is 5.27. The molecule has 0 aromatic heterocycles. The van der Waals surface area contributed by atoms with Gasteiger partial charge in [-0.2, -0.15) is 0 Å². The van der Waals surface area contributed by atoms with Crippen molar-refractivity contribution in [3.05, 3.63) is 33.5 Å². The van der Waals surface area contributed by atoms with E-state index in [2.05, 4.69) is 38.4 Å². The average molecular weight is 380 g/mol. The molecule has 0 aromatic carbocycles. The van der Waals surface area contributed by atoms with Gasteiger partial charge in [0.1, 0.15) is 6.10 Å². The van der Waals surface area contributed by atoms with Crippen LogP contribution in [0, 0.1) is 0 Å². The molecule has 1 heterocycles. The molecule has 1 unspecified atom stereocenters. The molecule has 18 heavy (non-hydrogen) atoms. The second-order valence-corrected chi connectivity index (χ2v) is 4.76. The maximum absolute atomic E-state index is 11.8. The minimum atomic E-state index is -0.632. The highest BCUT2D eigenvalue weighted by atomic mass is 79.9. The molecule has 0 aliphatic carbocycles. The van der Waals surface area contributed by atoms with Crippen molar-refractivity contribution in [1.29, 1.82) is 0 Å². The lowest BCUT2D eigenvalue weighted by Gasteiger charge is -2.15. The molecular formula is C12H12Br2O4. The molecule has 0 fully saturated rings. The van der Waals surface area contributed by atoms with Gasteiger partial charge in [0.25, 0.3) is 0 Å². The number of hydrogen-bond acceptors (Lipinski definition) is 4. The Bertz CT molecular complexity index is 437. The highest BCUT2D eigenvalue weighted by molar-refractivity contribution is 9.12. The van der Waals surface area contributed by atoms with Crippen LogP contribution in [-0.2, 0) is 19.1 Å². The first-order valence-corrected chi connectivity index (χ1v) is 7.01. The molecule has 6 heteroatoms. The van der Waals surface area contributed by atoms with E-state index in [0.717, 1.165) is 12.5 Å². The van der Waals surface area contributed by atoms with E-state index in [0.29, 0.717) is 22.2 Å². The van der Waals surface area contributed by atoms with Crippen molar-refractivity contribution < 1.29 is 19.1 Å². The molecule has 1 aliphatic rings. The van der Waals surface area contributed by atoms with Gasteiger partial charge in [0.15, 0.2) is 5.76 Å². The fraction of sp³-hybridized carbons (Fsp3) is 0.333. The van der Waals surface area contributed by atoms with Crippen LogP contribution in [0.1, 0.15) is 19.8 Å². The van der Waals surface area contributed by atoms with E-state index < -0.39 is 18.0 Å². The first kappa shape index (κ1) is 15.2. The van der Waals surface area contributed by atoms with E-state index in [1.165, 1.54) is 4.99 Å². The summed E-state index contributed by atoms with van der Waals surface area (Å²) in [6.07, 6.45) is 1.74. The molecule has 1 atom stereocenters. The van der Waals surface area contributed by atoms with Gasteiger partial charge in [0.2, 0.25) is 0 Å². The Hall–Kier alpha value is -0.880. The Morgan fingerprint density at radius 1 is 1.61 bits per heavy atom. The number of hydrogen-bond donors (Lipinski definition) is 0. The second kappa shape index (κ2) is 6.89. The van der Waals surface area contributed by atoms with Crippen molar-refractivity contribution in [3.63, 3.8) is 0 Å². The summed E-state index contributed by atoms with van der Waals surface area (Å²) in [5.74, 6) is -0.709. The number of carbonyl (C=O) groups excluding carboxylic acids is 2. The van der Waals surface area contributed by atoms with Crippen molar-refractivity contribution in [2.24, 2.45) is 0 Å². The predicted molar refractivity (Wildman–Crippen MR) is 74.0 cm³/mol. The van der Waals surface area contributed by atoms with Crippen LogP contribution < -0.4 is 0 Å². The highest BCUT2D eigenvalue weighted by Crippen LogP contribution is 2.35. The summed E-state index contributed by atoms with van der Waals surface area (Å²) < 4.78 is 10.7. The minimum absolute atomic E-state index is 0.317. The van der Waals surface area contributed by atoms with Crippen LogP contribution in [0.25, 0.3) is 0 Å². The van der Waals surface area contributed by atoms with Gasteiger partial charge in [-0.15, -0.1) is 0 Å². The topological polar surface area (TPSA) is 52.6 Å². The van der Waals surface area contributed by atoms with Gasteiger partial charge in [-0.1, -0.05) is 35.9 Å². The number of halogens is 2. The first-order valence-electron chi connectivity index (χ1n) is 5.30. The SMILES string of the molecule is C=CC(=O)OC(CCC)C1=C(Br)C(=CBr)OC1=O. The molecule has 0 aromatic rings. The molecule has 1 rings (SSSR count). The van der Waals surface area contributed by atoms with E-state index in [-0.39, 0.29) is 0 Å². The standard InChI is InChI=1S/C12H12Br2O4/c1-3-5-7(17-9(15)4-2)10-11(14)8(6-13)18-12(10)16/h4,6-7H,2-3,5H2,1H3. The van der Waals surface area contributed by atoms with Gasteiger partial charge >= 0.3 is 11.9 Å². The number of ether oxygens (including phenoxy) is 2. The third kappa shape index (κ3) is 3.32. The molecule has 98 valence electrons. The van der Waals surface area contributed by atoms with Crippen molar-refractivity contribution in [2.75, 3.05) is 0 Å². The normalized spacial score (nSPS) is 18.8. The predicted octanol–water partition coefficient (Wildman–Crippen LogP) is 3.33. The van der Waals surface area contributed by atoms with Gasteiger partial charge in [-0.05, 0) is 22.4 Å². The van der Waals surface area contributed by atoms with Gasteiger partial charge in [-0.3, -0.25) is 0 Å². The second-order valence-electron chi connectivity index (χ2n) is 3.51. The molecule has 4 nitrogen and oxygen atoms in total. The Morgan fingerprint density at radius 3 is 2.72 bits per heavy atom. The number of rotatable bonds is 5. The van der Waals surface area contributed by atoms with Crippen molar-refractivity contribution >= 4 is 43.8 Å². The van der Waals surface area contributed by atoms with Crippen LogP contribution in [0.3, 0.4) is 0 Å². The van der Waals surface area contributed by atoms with Gasteiger partial charge in [0.05, 0.1) is 10.1 Å². The summed E-state index contributed by atoms with van der Waals surface area (Å²) in [5, 5.41) is 0. The zero-order valence-corrected chi connectivity index (χ0v) is 12.9. The maximum Gasteiger partial charge on any atom is 0.344 e. The molecule has 0 saturated carbocycles. The molecule has 1 aliphatic heterocycles. The summed E-state index contributed by atoms with van der Waals surface area (Å²) in [4.78, 5) is 24.5. The Morgan fingerprint density at radius 2 is 2.28 bits per heavy atom. The Labute approximate surface area is 122 Å². The number of allylic oxidation sites excluding steroid dienone is 1. The van der Waals surface area contributed by atoms with Gasteiger partial charge < -0.3 is 9.47 Å². The van der Waals surface area contributed by atoms with Crippen molar-refractivity contribution in [3.8, 4) is 0 Å². The average Bonchev–Trinajstić information content (AvgIpc) is 2.63. The first-order chi connectivity index (χ1) is 8.54. The van der Waals surface area contributed by atoms with Crippen LogP contribution in [0.4, 0.5) is 0 Å². The maximum atomic E-state index is 11.8. The lowest BCUT2D eigenvalue weighted by Crippen LogP contribution is -2.23. The third-order valence-corrected chi connectivity index (χ3v) is 3.51. The molecule has 0 bridgehead atoms. The van der Waals surface area contributed by atoms with Crippen LogP contribution in [0.5, 0.6) is 0 Å². The van der Waals surface area contributed by atoms with E-state index >= 15 is 0 Å². The fourth-order valence-corrected chi connectivity index (χ4v) is 2.72. The van der Waals surface area contributed by atoms with Crippen molar-refractivity contribution in [1.82, 2.24) is 0 Å². The van der Waals surface area contributed by atoms with Gasteiger partial charge in [-0.25, -0.2) is 9.59 Å². The summed E-state index contributed by atoms with van der Waals surface area (Å²) in [6, 6.07) is 0. The van der Waals surface area contributed by atoms with Crippen molar-refractivity contribution in [2.45, 2.75) is 25.9 Å². The van der Waals surface area contributed by atoms with Gasteiger partial charge in [0, 0.05) is 11.1 Å². The molecule has 0 radical (unpaired) electrons. The Kier molecular flexibility index (Phi) is 5.81. The molecule has 0 N–H and O–H groups in total. The smallest absolute Gasteiger partial charge is 0.344 e. The number of cyclic esters (lactones) is 1. The van der Waals surface area contributed by atoms with E-state index in [4.69, 9.17) is 9.47 Å². The summed E-state index contributed by atoms with van der Waals surface area (Å²) >= 11 is 6.37. The highest BCUT2D eigenvalue weighted by Gasteiger charge is 2.35. The third-order valence-electron chi connectivity index (χ3n) is 2.27. The number of esters is 2. The lowest BCUT2D eigenvalue weighted by atomic mass is 10.1. The van der Waals surface area contributed by atoms with E-state index in [1.54, 1.807) is 0 Å². The lowest BCUT2D eigenvalue weighted by molar-refractivity contribution is -0.143. The van der Waals surface area contributed by atoms with Crippen LogP contribution in [-0.4, -0.2) is 18.0 Å². The molecule has 0 saturated heterocycles. The largest absolute Gasteiger partial charge is 0.454 e. The fourth-order valence-electron chi connectivity index (χ4n) is 1.48.